The topological polar surface area (TPSA) is 149 Å². The van der Waals surface area contributed by atoms with Gasteiger partial charge in [-0.05, 0) is 38.5 Å². The van der Waals surface area contributed by atoms with E-state index >= 15 is 0 Å². The lowest BCUT2D eigenvalue weighted by Gasteiger charge is -2.20. The number of aliphatic hydroxyl groups is 2. The van der Waals surface area contributed by atoms with E-state index in [4.69, 9.17) is 19.1 Å². The number of phosphoric ester groups is 1. The minimum atomic E-state index is -4.61. The van der Waals surface area contributed by atoms with Crippen LogP contribution in [0.2, 0.25) is 0 Å². The first-order chi connectivity index (χ1) is 26.2. The summed E-state index contributed by atoms with van der Waals surface area (Å²) in [5.41, 5.74) is 0. The van der Waals surface area contributed by atoms with Crippen molar-refractivity contribution in [2.45, 2.75) is 225 Å². The molecule has 0 aromatic rings. The average Bonchev–Trinajstić information content (AvgIpc) is 3.16. The van der Waals surface area contributed by atoms with Gasteiger partial charge in [-0.25, -0.2) is 4.57 Å². The van der Waals surface area contributed by atoms with Gasteiger partial charge in [0.15, 0.2) is 6.10 Å². The van der Waals surface area contributed by atoms with E-state index in [1.807, 2.05) is 0 Å². The van der Waals surface area contributed by atoms with Gasteiger partial charge in [-0.2, -0.15) is 0 Å². The van der Waals surface area contributed by atoms with E-state index in [-0.39, 0.29) is 19.4 Å². The molecule has 0 amide bonds. The van der Waals surface area contributed by atoms with Gasteiger partial charge in [0.05, 0.1) is 19.8 Å². The molecule has 0 bridgehead atoms. The van der Waals surface area contributed by atoms with Crippen molar-refractivity contribution in [2.75, 3.05) is 26.4 Å². The van der Waals surface area contributed by atoms with Gasteiger partial charge in [-0.3, -0.25) is 18.6 Å². The van der Waals surface area contributed by atoms with E-state index in [9.17, 15) is 24.2 Å². The van der Waals surface area contributed by atoms with Crippen LogP contribution in [-0.2, 0) is 32.7 Å². The molecule has 0 fully saturated rings. The first-order valence-corrected chi connectivity index (χ1v) is 23.6. The number of carbonyl (C=O) groups is 2. The third kappa shape index (κ3) is 39.0. The Bertz CT molecular complexity index is 915. The van der Waals surface area contributed by atoms with E-state index in [2.05, 4.69) is 30.5 Å². The second-order valence-corrected chi connectivity index (χ2v) is 16.5. The molecule has 0 aliphatic carbocycles. The SMILES string of the molecule is CCCCCC/C=C\CCCCCCCC(=O)O[C@H](COC(=O)CCCCCCCCCCCCCCCCCCCC)COP(=O)(O)OC[C@@H](O)CO. The highest BCUT2D eigenvalue weighted by molar-refractivity contribution is 7.47. The molecule has 11 heteroatoms. The number of hydrogen-bond donors (Lipinski definition) is 3. The zero-order chi connectivity index (χ0) is 39.8. The first-order valence-electron chi connectivity index (χ1n) is 22.1. The Labute approximate surface area is 330 Å². The van der Waals surface area contributed by atoms with Gasteiger partial charge in [-0.15, -0.1) is 0 Å². The van der Waals surface area contributed by atoms with Crippen molar-refractivity contribution in [3.63, 3.8) is 0 Å². The largest absolute Gasteiger partial charge is 0.472 e. The number of aliphatic hydroxyl groups excluding tert-OH is 2. The van der Waals surface area contributed by atoms with E-state index in [0.29, 0.717) is 12.8 Å². The number of allylic oxidation sites excluding steroid dienone is 2. The molecule has 10 nitrogen and oxygen atoms in total. The summed E-state index contributed by atoms with van der Waals surface area (Å²) in [6.45, 7) is 2.38. The fourth-order valence-corrected chi connectivity index (χ4v) is 7.01. The zero-order valence-corrected chi connectivity index (χ0v) is 35.6. The summed E-state index contributed by atoms with van der Waals surface area (Å²) in [6.07, 6.45) is 37.5. The molecule has 320 valence electrons. The second-order valence-electron chi connectivity index (χ2n) is 15.1. The van der Waals surface area contributed by atoms with Gasteiger partial charge in [0, 0.05) is 12.8 Å². The summed E-state index contributed by atoms with van der Waals surface area (Å²) in [5, 5.41) is 18.3. The summed E-state index contributed by atoms with van der Waals surface area (Å²) < 4.78 is 32.7. The van der Waals surface area contributed by atoms with Gasteiger partial charge < -0.3 is 24.6 Å². The Morgan fingerprint density at radius 1 is 0.537 bits per heavy atom. The Balaban J connectivity index is 4.23. The molecule has 3 N–H and O–H groups in total. The lowest BCUT2D eigenvalue weighted by Crippen LogP contribution is -2.29. The summed E-state index contributed by atoms with van der Waals surface area (Å²) in [4.78, 5) is 35.0. The highest BCUT2D eigenvalue weighted by Crippen LogP contribution is 2.43. The van der Waals surface area contributed by atoms with Gasteiger partial charge >= 0.3 is 19.8 Å². The van der Waals surface area contributed by atoms with Crippen LogP contribution in [0, 0.1) is 0 Å². The van der Waals surface area contributed by atoms with Crippen LogP contribution in [0.1, 0.15) is 213 Å². The van der Waals surface area contributed by atoms with Crippen molar-refractivity contribution in [1.29, 1.82) is 0 Å². The average molecular weight is 791 g/mol. The Morgan fingerprint density at radius 2 is 0.907 bits per heavy atom. The minimum Gasteiger partial charge on any atom is -0.462 e. The third-order valence-electron chi connectivity index (χ3n) is 9.67. The number of hydrogen-bond acceptors (Lipinski definition) is 9. The predicted octanol–water partition coefficient (Wildman–Crippen LogP) is 11.6. The van der Waals surface area contributed by atoms with E-state index in [0.717, 1.165) is 57.8 Å². The van der Waals surface area contributed by atoms with Crippen LogP contribution in [0.5, 0.6) is 0 Å². The first kappa shape index (κ1) is 52.7. The van der Waals surface area contributed by atoms with Gasteiger partial charge in [0.2, 0.25) is 0 Å². The van der Waals surface area contributed by atoms with Crippen LogP contribution >= 0.6 is 7.82 Å². The van der Waals surface area contributed by atoms with Crippen LogP contribution in [0.3, 0.4) is 0 Å². The zero-order valence-electron chi connectivity index (χ0n) is 34.7. The molecule has 3 atom stereocenters. The molecule has 0 aliphatic heterocycles. The summed E-state index contributed by atoms with van der Waals surface area (Å²) in [5.74, 6) is -0.924. The van der Waals surface area contributed by atoms with Crippen LogP contribution in [0.15, 0.2) is 12.2 Å². The number of carbonyl (C=O) groups excluding carboxylic acids is 2. The Morgan fingerprint density at radius 3 is 1.35 bits per heavy atom. The smallest absolute Gasteiger partial charge is 0.462 e. The maximum atomic E-state index is 12.6. The molecule has 0 aromatic carbocycles. The van der Waals surface area contributed by atoms with E-state index in [1.54, 1.807) is 0 Å². The van der Waals surface area contributed by atoms with Crippen molar-refractivity contribution >= 4 is 19.8 Å². The van der Waals surface area contributed by atoms with E-state index < -0.39 is 51.8 Å². The normalized spacial score (nSPS) is 13.9. The third-order valence-corrected chi connectivity index (χ3v) is 10.6. The predicted molar refractivity (Wildman–Crippen MR) is 219 cm³/mol. The lowest BCUT2D eigenvalue weighted by atomic mass is 10.0. The number of rotatable bonds is 42. The van der Waals surface area contributed by atoms with Gasteiger partial charge in [0.25, 0.3) is 0 Å². The van der Waals surface area contributed by atoms with Crippen LogP contribution in [-0.4, -0.2) is 65.7 Å². The molecule has 0 radical (unpaired) electrons. The van der Waals surface area contributed by atoms with E-state index in [1.165, 1.54) is 116 Å². The molecule has 0 saturated heterocycles. The lowest BCUT2D eigenvalue weighted by molar-refractivity contribution is -0.161. The number of ether oxygens (including phenoxy) is 2. The fourth-order valence-electron chi connectivity index (χ4n) is 6.22. The highest BCUT2D eigenvalue weighted by atomic mass is 31.2. The Hall–Kier alpha value is -1.29. The maximum Gasteiger partial charge on any atom is 0.472 e. The molecule has 1 unspecified atom stereocenters. The monoisotopic (exact) mass is 791 g/mol. The van der Waals surface area contributed by atoms with Crippen molar-refractivity contribution in [1.82, 2.24) is 0 Å². The molecule has 54 heavy (non-hydrogen) atoms. The van der Waals surface area contributed by atoms with Crippen molar-refractivity contribution in [2.24, 2.45) is 0 Å². The van der Waals surface area contributed by atoms with Crippen molar-refractivity contribution in [3.8, 4) is 0 Å². The fraction of sp³-hybridized carbons (Fsp3) is 0.907. The van der Waals surface area contributed by atoms with Gasteiger partial charge in [0.1, 0.15) is 12.7 Å². The second kappa shape index (κ2) is 39.9. The van der Waals surface area contributed by atoms with Crippen molar-refractivity contribution in [3.05, 3.63) is 12.2 Å². The molecule has 0 spiro atoms. The summed E-state index contributed by atoms with van der Waals surface area (Å²) >= 11 is 0. The molecule has 0 rings (SSSR count). The Kier molecular flexibility index (Phi) is 39.0. The van der Waals surface area contributed by atoms with Crippen LogP contribution in [0.4, 0.5) is 0 Å². The maximum absolute atomic E-state index is 12.6. The minimum absolute atomic E-state index is 0.178. The highest BCUT2D eigenvalue weighted by Gasteiger charge is 2.27. The molecule has 0 aliphatic rings. The number of esters is 2. The summed E-state index contributed by atoms with van der Waals surface area (Å²) in [6, 6.07) is 0. The van der Waals surface area contributed by atoms with Crippen LogP contribution in [0.25, 0.3) is 0 Å². The molecular formula is C43H83O10P. The number of phosphoric acid groups is 1. The molecule has 0 heterocycles. The molecule has 0 saturated carbocycles. The van der Waals surface area contributed by atoms with Gasteiger partial charge in [-0.1, -0.05) is 174 Å². The number of unbranched alkanes of at least 4 members (excludes halogenated alkanes) is 26. The molecule has 0 aromatic heterocycles. The quantitative estimate of drug-likeness (QED) is 0.0236. The van der Waals surface area contributed by atoms with Crippen LogP contribution < -0.4 is 0 Å². The van der Waals surface area contributed by atoms with Crippen molar-refractivity contribution < 1.29 is 47.8 Å². The standard InChI is InChI=1S/C43H83O10P/c1-3-5-7-9-11-13-15-17-18-19-20-21-23-24-26-28-30-32-34-42(46)50-38-41(39-52-54(48,49)51-37-40(45)36-44)53-43(47)35-33-31-29-27-25-22-16-14-12-10-8-6-4-2/h14,16,40-41,44-45H,3-13,15,17-39H2,1-2H3,(H,48,49)/b16-14-/t40-,41+/m0/s1. The summed E-state index contributed by atoms with van der Waals surface area (Å²) in [7, 11) is -4.61. The molecular weight excluding hydrogens is 707 g/mol.